The summed E-state index contributed by atoms with van der Waals surface area (Å²) in [6.45, 7) is 0.128. The van der Waals surface area contributed by atoms with Crippen LogP contribution in [-0.4, -0.2) is 25.2 Å². The summed E-state index contributed by atoms with van der Waals surface area (Å²) >= 11 is 0. The van der Waals surface area contributed by atoms with Crippen LogP contribution in [0.5, 0.6) is 0 Å². The van der Waals surface area contributed by atoms with Gasteiger partial charge >= 0.3 is 6.18 Å². The average molecular weight is 591 g/mol. The second kappa shape index (κ2) is 12.2. The second-order valence-corrected chi connectivity index (χ2v) is 9.75. The lowest BCUT2D eigenvalue weighted by Crippen LogP contribution is -2.25. The molecule has 2 aromatic heterocycles. The van der Waals surface area contributed by atoms with Gasteiger partial charge < -0.3 is 15.6 Å². The third-order valence-electron chi connectivity index (χ3n) is 6.88. The lowest BCUT2D eigenvalue weighted by molar-refractivity contribution is -0.141. The van der Waals surface area contributed by atoms with Crippen LogP contribution in [-0.2, 0) is 12.7 Å². The summed E-state index contributed by atoms with van der Waals surface area (Å²) in [4.78, 5) is 29.7. The maximum atomic E-state index is 14.9. The quantitative estimate of drug-likeness (QED) is 0.250. The van der Waals surface area contributed by atoms with Crippen LogP contribution in [0.15, 0.2) is 71.9 Å². The molecule has 0 aliphatic heterocycles. The van der Waals surface area contributed by atoms with Crippen LogP contribution in [0.2, 0.25) is 0 Å². The third kappa shape index (κ3) is 6.83. The molecular formula is C28H27ClF4N6O2. The zero-order valence-corrected chi connectivity index (χ0v) is 22.5. The molecule has 1 unspecified atom stereocenters. The van der Waals surface area contributed by atoms with E-state index in [1.807, 2.05) is 0 Å². The van der Waals surface area contributed by atoms with E-state index in [2.05, 4.69) is 15.4 Å². The summed E-state index contributed by atoms with van der Waals surface area (Å²) < 4.78 is 57.9. The molecule has 0 saturated heterocycles. The van der Waals surface area contributed by atoms with E-state index < -0.39 is 35.3 Å². The Morgan fingerprint density at radius 3 is 2.61 bits per heavy atom. The summed E-state index contributed by atoms with van der Waals surface area (Å²) in [6.07, 6.45) is 3.10. The number of aromatic nitrogens is 4. The first-order valence-corrected chi connectivity index (χ1v) is 12.7. The highest BCUT2D eigenvalue weighted by atomic mass is 35.5. The Labute approximate surface area is 238 Å². The van der Waals surface area contributed by atoms with Crippen LogP contribution in [0, 0.1) is 11.7 Å². The maximum Gasteiger partial charge on any atom is 0.435 e. The number of rotatable bonds is 9. The highest BCUT2D eigenvalue weighted by molar-refractivity contribution is 6.03. The van der Waals surface area contributed by atoms with Gasteiger partial charge in [0.1, 0.15) is 11.5 Å². The van der Waals surface area contributed by atoms with Crippen LogP contribution in [0.1, 0.15) is 59.0 Å². The number of amides is 1. The Morgan fingerprint density at radius 1 is 1.15 bits per heavy atom. The molecule has 8 nitrogen and oxygen atoms in total. The van der Waals surface area contributed by atoms with Gasteiger partial charge in [0.25, 0.3) is 11.5 Å². The standard InChI is InChI=1S/C28H26F4N6O2.ClH/c29-21-8-7-19(23(9-6-17-4-5-17)37-11-10-34-16-26(37)39)13-22(21)35-27(40)24-14-25(28(30,31)32)36-38(24)20-3-1-2-18(12-20)15-33;/h1-3,7-8,10-14,16-17,23H,4-6,9,15,33H2,(H,35,40);1H. The van der Waals surface area contributed by atoms with Crippen molar-refractivity contribution in [3.05, 3.63) is 106 Å². The van der Waals surface area contributed by atoms with E-state index in [0.717, 1.165) is 30.0 Å². The molecule has 41 heavy (non-hydrogen) atoms. The van der Waals surface area contributed by atoms with Gasteiger partial charge in [-0.25, -0.2) is 9.07 Å². The molecule has 4 aromatic rings. The maximum absolute atomic E-state index is 14.9. The monoisotopic (exact) mass is 590 g/mol. The molecule has 13 heteroatoms. The fourth-order valence-electron chi connectivity index (χ4n) is 4.61. The van der Waals surface area contributed by atoms with Crippen LogP contribution in [0.3, 0.4) is 0 Å². The van der Waals surface area contributed by atoms with Crippen molar-refractivity contribution in [2.24, 2.45) is 11.7 Å². The minimum Gasteiger partial charge on any atom is -0.326 e. The van der Waals surface area contributed by atoms with E-state index in [0.29, 0.717) is 29.5 Å². The molecule has 0 radical (unpaired) electrons. The first-order valence-electron chi connectivity index (χ1n) is 12.7. The first kappa shape index (κ1) is 29.9. The molecule has 1 atom stereocenters. The number of halogens is 5. The van der Waals surface area contributed by atoms with Gasteiger partial charge in [-0.05, 0) is 54.2 Å². The molecule has 2 heterocycles. The van der Waals surface area contributed by atoms with Gasteiger partial charge in [-0.1, -0.05) is 31.0 Å². The topological polar surface area (TPSA) is 108 Å². The Balaban J connectivity index is 0.00000387. The molecule has 5 rings (SSSR count). The molecule has 2 aromatic carbocycles. The van der Waals surface area contributed by atoms with Crippen molar-refractivity contribution in [1.29, 1.82) is 0 Å². The molecular weight excluding hydrogens is 564 g/mol. The third-order valence-corrected chi connectivity index (χ3v) is 6.88. The highest BCUT2D eigenvalue weighted by Crippen LogP contribution is 2.37. The van der Waals surface area contributed by atoms with Crippen LogP contribution in [0.4, 0.5) is 23.2 Å². The molecule has 216 valence electrons. The van der Waals surface area contributed by atoms with Gasteiger partial charge in [0, 0.05) is 25.0 Å². The number of carbonyl (C=O) groups is 1. The van der Waals surface area contributed by atoms with Crippen LogP contribution < -0.4 is 16.6 Å². The Kier molecular flexibility index (Phi) is 8.93. The lowest BCUT2D eigenvalue weighted by Gasteiger charge is -2.21. The normalized spacial score (nSPS) is 13.9. The van der Waals surface area contributed by atoms with Crippen molar-refractivity contribution in [3.8, 4) is 5.69 Å². The molecule has 0 spiro atoms. The number of alkyl halides is 3. The van der Waals surface area contributed by atoms with E-state index >= 15 is 0 Å². The van der Waals surface area contributed by atoms with Crippen molar-refractivity contribution in [1.82, 2.24) is 19.3 Å². The van der Waals surface area contributed by atoms with Crippen LogP contribution >= 0.6 is 12.4 Å². The first-order chi connectivity index (χ1) is 19.1. The van der Waals surface area contributed by atoms with E-state index in [4.69, 9.17) is 5.73 Å². The number of nitrogens with zero attached hydrogens (tertiary/aromatic N) is 4. The SMILES string of the molecule is Cl.NCc1cccc(-n2nc(C(F)(F)F)cc2C(=O)Nc2cc(C(CCC3CC3)n3ccncc3=O)ccc2F)c1. The number of benzene rings is 2. The molecule has 1 fully saturated rings. The van der Waals surface area contributed by atoms with Gasteiger partial charge in [0.2, 0.25) is 0 Å². The van der Waals surface area contributed by atoms with Gasteiger partial charge in [-0.2, -0.15) is 18.3 Å². The van der Waals surface area contributed by atoms with Crippen molar-refractivity contribution in [3.63, 3.8) is 0 Å². The number of anilines is 1. The van der Waals surface area contributed by atoms with Gasteiger partial charge in [-0.15, -0.1) is 12.4 Å². The zero-order chi connectivity index (χ0) is 28.4. The number of nitrogens with two attached hydrogens (primary N) is 1. The number of hydrogen-bond acceptors (Lipinski definition) is 5. The zero-order valence-electron chi connectivity index (χ0n) is 21.6. The predicted octanol–water partition coefficient (Wildman–Crippen LogP) is 5.50. The number of nitrogens with one attached hydrogen (secondary N) is 1. The molecule has 1 saturated carbocycles. The molecule has 1 amide bonds. The van der Waals surface area contributed by atoms with Crippen LogP contribution in [0.25, 0.3) is 5.69 Å². The Bertz CT molecular complexity index is 1600. The van der Waals surface area contributed by atoms with Crippen molar-refractivity contribution < 1.29 is 22.4 Å². The summed E-state index contributed by atoms with van der Waals surface area (Å²) in [5.74, 6) is -1.21. The van der Waals surface area contributed by atoms with E-state index in [9.17, 15) is 27.2 Å². The summed E-state index contributed by atoms with van der Waals surface area (Å²) in [5.41, 5.74) is 4.75. The second-order valence-electron chi connectivity index (χ2n) is 9.75. The smallest absolute Gasteiger partial charge is 0.326 e. The average Bonchev–Trinajstić information content (AvgIpc) is 3.64. The van der Waals surface area contributed by atoms with Gasteiger partial charge in [-0.3, -0.25) is 14.6 Å². The van der Waals surface area contributed by atoms with E-state index in [-0.39, 0.29) is 35.9 Å². The largest absolute Gasteiger partial charge is 0.435 e. The Hall–Kier alpha value is -4.03. The van der Waals surface area contributed by atoms with Crippen molar-refractivity contribution in [2.45, 2.75) is 44.4 Å². The van der Waals surface area contributed by atoms with Gasteiger partial charge in [0.15, 0.2) is 5.69 Å². The summed E-state index contributed by atoms with van der Waals surface area (Å²) in [6, 6.07) is 10.5. The molecule has 0 bridgehead atoms. The minimum absolute atomic E-state index is 0. The summed E-state index contributed by atoms with van der Waals surface area (Å²) in [7, 11) is 0. The molecule has 1 aliphatic rings. The summed E-state index contributed by atoms with van der Waals surface area (Å²) in [5, 5.41) is 6.01. The number of hydrogen-bond donors (Lipinski definition) is 2. The lowest BCUT2D eigenvalue weighted by atomic mass is 9.99. The minimum atomic E-state index is -4.82. The van der Waals surface area contributed by atoms with Crippen molar-refractivity contribution >= 4 is 24.0 Å². The van der Waals surface area contributed by atoms with E-state index in [1.54, 1.807) is 18.3 Å². The number of carbonyl (C=O) groups excluding carboxylic acids is 1. The predicted molar refractivity (Wildman–Crippen MR) is 147 cm³/mol. The molecule has 3 N–H and O–H groups in total. The fourth-order valence-corrected chi connectivity index (χ4v) is 4.61. The van der Waals surface area contributed by atoms with E-state index in [1.165, 1.54) is 41.2 Å². The van der Waals surface area contributed by atoms with Crippen molar-refractivity contribution in [2.75, 3.05) is 5.32 Å². The Morgan fingerprint density at radius 2 is 1.93 bits per heavy atom. The molecule has 1 aliphatic carbocycles. The highest BCUT2D eigenvalue weighted by Gasteiger charge is 2.36. The fraction of sp³-hybridized carbons (Fsp3) is 0.286. The van der Waals surface area contributed by atoms with Gasteiger partial charge in [0.05, 0.1) is 23.6 Å².